The molecule has 0 saturated heterocycles. The first kappa shape index (κ1) is 16.5. The van der Waals surface area contributed by atoms with E-state index in [0.29, 0.717) is 11.3 Å². The molecule has 1 amide bonds. The highest BCUT2D eigenvalue weighted by atomic mass is 19.1. The van der Waals surface area contributed by atoms with Crippen molar-refractivity contribution < 1.29 is 23.5 Å². The molecule has 6 heteroatoms. The fourth-order valence-corrected chi connectivity index (χ4v) is 1.98. The number of hydrogen-bond acceptors (Lipinski definition) is 4. The summed E-state index contributed by atoms with van der Waals surface area (Å²) in [5.41, 5.74) is 1.30. The summed E-state index contributed by atoms with van der Waals surface area (Å²) in [6.07, 6.45) is 0. The van der Waals surface area contributed by atoms with Crippen LogP contribution in [0, 0.1) is 5.82 Å². The summed E-state index contributed by atoms with van der Waals surface area (Å²) >= 11 is 0. The van der Waals surface area contributed by atoms with E-state index in [4.69, 9.17) is 4.74 Å². The Morgan fingerprint density at radius 3 is 2.26 bits per heavy atom. The van der Waals surface area contributed by atoms with Crippen LogP contribution in [0.25, 0.3) is 11.1 Å². The summed E-state index contributed by atoms with van der Waals surface area (Å²) < 4.78 is 23.6. The SMILES string of the molecule is COC(=O)CNC(=O)c1ccc(-c2ccc(OC)cc2)cc1F. The number of esters is 1. The van der Waals surface area contributed by atoms with Gasteiger partial charge in [0.2, 0.25) is 0 Å². The summed E-state index contributed by atoms with van der Waals surface area (Å²) in [6, 6.07) is 11.4. The van der Waals surface area contributed by atoms with Crippen molar-refractivity contribution in [3.8, 4) is 16.9 Å². The first-order chi connectivity index (χ1) is 11.0. The average molecular weight is 317 g/mol. The van der Waals surface area contributed by atoms with Gasteiger partial charge in [0.25, 0.3) is 5.91 Å². The zero-order chi connectivity index (χ0) is 16.8. The molecule has 1 N–H and O–H groups in total. The maximum absolute atomic E-state index is 14.1. The summed E-state index contributed by atoms with van der Waals surface area (Å²) in [5.74, 6) is -1.24. The van der Waals surface area contributed by atoms with Crippen LogP contribution >= 0.6 is 0 Å². The molecule has 0 spiro atoms. The van der Waals surface area contributed by atoms with Gasteiger partial charge in [-0.3, -0.25) is 9.59 Å². The molecule has 0 aromatic heterocycles. The van der Waals surface area contributed by atoms with Gasteiger partial charge < -0.3 is 14.8 Å². The molecule has 0 radical (unpaired) electrons. The van der Waals surface area contributed by atoms with Crippen molar-refractivity contribution in [3.05, 3.63) is 53.8 Å². The fraction of sp³-hybridized carbons (Fsp3) is 0.176. The Hall–Kier alpha value is -2.89. The Labute approximate surface area is 133 Å². The van der Waals surface area contributed by atoms with Gasteiger partial charge in [-0.15, -0.1) is 0 Å². The summed E-state index contributed by atoms with van der Waals surface area (Å²) in [5, 5.41) is 2.29. The van der Waals surface area contributed by atoms with Crippen molar-refractivity contribution in [1.29, 1.82) is 0 Å². The van der Waals surface area contributed by atoms with E-state index in [1.165, 1.54) is 19.2 Å². The molecule has 0 heterocycles. The number of hydrogen-bond donors (Lipinski definition) is 1. The van der Waals surface area contributed by atoms with E-state index in [2.05, 4.69) is 10.1 Å². The second-order valence-electron chi connectivity index (χ2n) is 4.68. The average Bonchev–Trinajstić information content (AvgIpc) is 2.59. The van der Waals surface area contributed by atoms with Gasteiger partial charge in [-0.2, -0.15) is 0 Å². The number of ether oxygens (including phenoxy) is 2. The van der Waals surface area contributed by atoms with Crippen molar-refractivity contribution in [2.24, 2.45) is 0 Å². The Morgan fingerprint density at radius 2 is 1.70 bits per heavy atom. The minimum Gasteiger partial charge on any atom is -0.497 e. The van der Waals surface area contributed by atoms with E-state index >= 15 is 0 Å². The Balaban J connectivity index is 2.16. The molecule has 23 heavy (non-hydrogen) atoms. The van der Waals surface area contributed by atoms with Gasteiger partial charge in [0.15, 0.2) is 0 Å². The van der Waals surface area contributed by atoms with Crippen LogP contribution in [-0.4, -0.2) is 32.6 Å². The maximum Gasteiger partial charge on any atom is 0.325 e. The number of amides is 1. The number of carbonyl (C=O) groups excluding carboxylic acids is 2. The van der Waals surface area contributed by atoms with Gasteiger partial charge in [-0.25, -0.2) is 4.39 Å². The zero-order valence-corrected chi connectivity index (χ0v) is 12.8. The highest BCUT2D eigenvalue weighted by Crippen LogP contribution is 2.24. The van der Waals surface area contributed by atoms with Crippen LogP contribution in [0.5, 0.6) is 5.75 Å². The van der Waals surface area contributed by atoms with E-state index in [-0.39, 0.29) is 12.1 Å². The van der Waals surface area contributed by atoms with Crippen LogP contribution in [0.3, 0.4) is 0 Å². The predicted molar refractivity (Wildman–Crippen MR) is 82.7 cm³/mol. The number of benzene rings is 2. The minimum absolute atomic E-state index is 0.133. The van der Waals surface area contributed by atoms with Crippen molar-refractivity contribution in [2.45, 2.75) is 0 Å². The largest absolute Gasteiger partial charge is 0.497 e. The van der Waals surface area contributed by atoms with Gasteiger partial charge in [0.05, 0.1) is 19.8 Å². The molecular weight excluding hydrogens is 301 g/mol. The van der Waals surface area contributed by atoms with Gasteiger partial charge in [0, 0.05) is 0 Å². The smallest absolute Gasteiger partial charge is 0.325 e. The Morgan fingerprint density at radius 1 is 1.04 bits per heavy atom. The molecule has 2 aromatic carbocycles. The molecule has 5 nitrogen and oxygen atoms in total. The maximum atomic E-state index is 14.1. The van der Waals surface area contributed by atoms with Gasteiger partial charge in [0.1, 0.15) is 18.1 Å². The van der Waals surface area contributed by atoms with Crippen molar-refractivity contribution >= 4 is 11.9 Å². The van der Waals surface area contributed by atoms with Gasteiger partial charge >= 0.3 is 5.97 Å². The van der Waals surface area contributed by atoms with E-state index in [1.54, 1.807) is 37.4 Å². The summed E-state index contributed by atoms with van der Waals surface area (Å²) in [4.78, 5) is 22.8. The molecule has 0 aliphatic heterocycles. The lowest BCUT2D eigenvalue weighted by atomic mass is 10.0. The lowest BCUT2D eigenvalue weighted by molar-refractivity contribution is -0.139. The van der Waals surface area contributed by atoms with Gasteiger partial charge in [-0.05, 0) is 35.4 Å². The molecule has 0 aliphatic rings. The molecule has 120 valence electrons. The molecule has 0 fully saturated rings. The Kier molecular flexibility index (Phi) is 5.30. The lowest BCUT2D eigenvalue weighted by Gasteiger charge is -2.08. The Bertz CT molecular complexity index is 713. The molecule has 2 rings (SSSR count). The van der Waals surface area contributed by atoms with Crippen LogP contribution < -0.4 is 10.1 Å². The molecule has 2 aromatic rings. The van der Waals surface area contributed by atoms with E-state index < -0.39 is 17.7 Å². The van der Waals surface area contributed by atoms with E-state index in [1.807, 2.05) is 0 Å². The first-order valence-electron chi connectivity index (χ1n) is 6.84. The van der Waals surface area contributed by atoms with Crippen LogP contribution in [0.2, 0.25) is 0 Å². The standard InChI is InChI=1S/C17H16FNO4/c1-22-13-6-3-11(4-7-13)12-5-8-14(15(18)9-12)17(21)19-10-16(20)23-2/h3-9H,10H2,1-2H3,(H,19,21). The van der Waals surface area contributed by atoms with E-state index in [0.717, 1.165) is 5.56 Å². The number of methoxy groups -OCH3 is 2. The normalized spacial score (nSPS) is 10.0. The molecule has 0 aliphatic carbocycles. The molecule has 0 bridgehead atoms. The van der Waals surface area contributed by atoms with Crippen LogP contribution in [-0.2, 0) is 9.53 Å². The van der Waals surface area contributed by atoms with E-state index in [9.17, 15) is 14.0 Å². The quantitative estimate of drug-likeness (QED) is 0.860. The van der Waals surface area contributed by atoms with Crippen molar-refractivity contribution in [1.82, 2.24) is 5.32 Å². The summed E-state index contributed by atoms with van der Waals surface area (Å²) in [7, 11) is 2.77. The second-order valence-corrected chi connectivity index (χ2v) is 4.68. The molecule has 0 saturated carbocycles. The van der Waals surface area contributed by atoms with Crippen LogP contribution in [0.4, 0.5) is 4.39 Å². The third-order valence-electron chi connectivity index (χ3n) is 3.26. The minimum atomic E-state index is -0.672. The third kappa shape index (κ3) is 4.06. The number of rotatable bonds is 5. The third-order valence-corrected chi connectivity index (χ3v) is 3.26. The summed E-state index contributed by atoms with van der Waals surface area (Å²) in [6.45, 7) is -0.311. The molecule has 0 atom stereocenters. The lowest BCUT2D eigenvalue weighted by Crippen LogP contribution is -2.30. The van der Waals surface area contributed by atoms with Crippen molar-refractivity contribution in [2.75, 3.05) is 20.8 Å². The highest BCUT2D eigenvalue weighted by molar-refractivity contribution is 5.96. The van der Waals surface area contributed by atoms with Crippen molar-refractivity contribution in [3.63, 3.8) is 0 Å². The molecule has 0 unspecified atom stereocenters. The zero-order valence-electron chi connectivity index (χ0n) is 12.8. The predicted octanol–water partition coefficient (Wildman–Crippen LogP) is 2.40. The van der Waals surface area contributed by atoms with Crippen LogP contribution in [0.15, 0.2) is 42.5 Å². The topological polar surface area (TPSA) is 64.6 Å². The number of halogens is 1. The second kappa shape index (κ2) is 7.40. The fourth-order valence-electron chi connectivity index (χ4n) is 1.98. The monoisotopic (exact) mass is 317 g/mol. The number of carbonyl (C=O) groups is 2. The number of nitrogens with one attached hydrogen (secondary N) is 1. The highest BCUT2D eigenvalue weighted by Gasteiger charge is 2.14. The first-order valence-corrected chi connectivity index (χ1v) is 6.84. The van der Waals surface area contributed by atoms with Crippen LogP contribution in [0.1, 0.15) is 10.4 Å². The molecular formula is C17H16FNO4. The van der Waals surface area contributed by atoms with Gasteiger partial charge in [-0.1, -0.05) is 18.2 Å².